The molecule has 0 aliphatic rings. The number of aliphatic hydroxyl groups is 1. The first kappa shape index (κ1) is 13.4. The van der Waals surface area contributed by atoms with E-state index >= 15 is 0 Å². The monoisotopic (exact) mass is 259 g/mol. The summed E-state index contributed by atoms with van der Waals surface area (Å²) in [6, 6.07) is 13.9. The number of carbonyl (C=O) groups excluding carboxylic acids is 1. The summed E-state index contributed by atoms with van der Waals surface area (Å²) >= 11 is 0. The number of hydrogen-bond donors (Lipinski definition) is 2. The van der Waals surface area contributed by atoms with Crippen LogP contribution in [0.2, 0.25) is 0 Å². The van der Waals surface area contributed by atoms with Gasteiger partial charge in [0.15, 0.2) is 5.60 Å². The van der Waals surface area contributed by atoms with Crippen molar-refractivity contribution in [3.8, 4) is 0 Å². The Labute approximate surface area is 112 Å². The number of anilines is 1. The molecule has 2 aromatic carbocycles. The largest absolute Gasteiger partial charge is 0.467 e. The van der Waals surface area contributed by atoms with Crippen LogP contribution in [0.25, 0.3) is 10.8 Å². The van der Waals surface area contributed by atoms with Crippen LogP contribution in [-0.4, -0.2) is 30.3 Å². The van der Waals surface area contributed by atoms with Crippen molar-refractivity contribution in [2.45, 2.75) is 12.5 Å². The summed E-state index contributed by atoms with van der Waals surface area (Å²) in [6.45, 7) is 1.52. The Morgan fingerprint density at radius 2 is 1.95 bits per heavy atom. The summed E-state index contributed by atoms with van der Waals surface area (Å²) in [4.78, 5) is 11.4. The smallest absolute Gasteiger partial charge is 0.339 e. The number of ether oxygens (including phenoxy) is 1. The second-order valence-electron chi connectivity index (χ2n) is 4.68. The highest BCUT2D eigenvalue weighted by Crippen LogP contribution is 2.19. The predicted molar refractivity (Wildman–Crippen MR) is 75.1 cm³/mol. The lowest BCUT2D eigenvalue weighted by Gasteiger charge is -2.21. The van der Waals surface area contributed by atoms with Crippen molar-refractivity contribution in [1.82, 2.24) is 0 Å². The number of nitrogens with one attached hydrogen (secondary N) is 1. The fraction of sp³-hybridized carbons (Fsp3) is 0.267. The summed E-state index contributed by atoms with van der Waals surface area (Å²) in [6.07, 6.45) is 0. The van der Waals surface area contributed by atoms with Crippen molar-refractivity contribution < 1.29 is 14.6 Å². The summed E-state index contributed by atoms with van der Waals surface area (Å²) in [5.41, 5.74) is -0.691. The number of benzene rings is 2. The molecule has 0 aliphatic carbocycles. The van der Waals surface area contributed by atoms with E-state index in [0.29, 0.717) is 0 Å². The molecular weight excluding hydrogens is 242 g/mol. The molecule has 2 rings (SSSR count). The zero-order valence-electron chi connectivity index (χ0n) is 11.0. The van der Waals surface area contributed by atoms with Gasteiger partial charge in [0.1, 0.15) is 0 Å². The second-order valence-corrected chi connectivity index (χ2v) is 4.68. The average molecular weight is 259 g/mol. The lowest BCUT2D eigenvalue weighted by Crippen LogP contribution is -2.42. The van der Waals surface area contributed by atoms with Crippen molar-refractivity contribution in [3.05, 3.63) is 42.5 Å². The number of hydrogen-bond acceptors (Lipinski definition) is 4. The molecule has 2 aromatic rings. The molecular formula is C15H17NO3. The SMILES string of the molecule is COC(=O)C(C)(O)CNc1ccc2ccccc2c1. The maximum absolute atomic E-state index is 11.4. The van der Waals surface area contributed by atoms with E-state index in [1.807, 2.05) is 42.5 Å². The van der Waals surface area contributed by atoms with Crippen molar-refractivity contribution in [2.24, 2.45) is 0 Å². The topological polar surface area (TPSA) is 58.6 Å². The maximum atomic E-state index is 11.4. The number of carbonyl (C=O) groups is 1. The molecule has 0 aromatic heterocycles. The van der Waals surface area contributed by atoms with Gasteiger partial charge in [-0.3, -0.25) is 0 Å². The minimum Gasteiger partial charge on any atom is -0.467 e. The highest BCUT2D eigenvalue weighted by Gasteiger charge is 2.31. The summed E-state index contributed by atoms with van der Waals surface area (Å²) in [5.74, 6) is -0.652. The summed E-state index contributed by atoms with van der Waals surface area (Å²) in [5, 5.41) is 15.2. The van der Waals surface area contributed by atoms with E-state index in [1.54, 1.807) is 0 Å². The third-order valence-electron chi connectivity index (χ3n) is 3.01. The van der Waals surface area contributed by atoms with Gasteiger partial charge in [0.25, 0.3) is 0 Å². The van der Waals surface area contributed by atoms with Gasteiger partial charge in [0.2, 0.25) is 0 Å². The molecule has 0 bridgehead atoms. The Bertz CT molecular complexity index is 593. The van der Waals surface area contributed by atoms with Crippen LogP contribution in [0.5, 0.6) is 0 Å². The molecule has 1 unspecified atom stereocenters. The quantitative estimate of drug-likeness (QED) is 0.826. The fourth-order valence-electron chi connectivity index (χ4n) is 1.87. The summed E-state index contributed by atoms with van der Waals surface area (Å²) in [7, 11) is 1.26. The Hall–Kier alpha value is -2.07. The van der Waals surface area contributed by atoms with E-state index in [0.717, 1.165) is 16.5 Å². The van der Waals surface area contributed by atoms with Crippen molar-refractivity contribution >= 4 is 22.4 Å². The third-order valence-corrected chi connectivity index (χ3v) is 3.01. The highest BCUT2D eigenvalue weighted by atomic mass is 16.5. The minimum atomic E-state index is -1.54. The average Bonchev–Trinajstić information content (AvgIpc) is 2.44. The molecule has 0 amide bonds. The van der Waals surface area contributed by atoms with Gasteiger partial charge in [0, 0.05) is 5.69 Å². The Morgan fingerprint density at radius 1 is 1.26 bits per heavy atom. The Morgan fingerprint density at radius 3 is 2.63 bits per heavy atom. The molecule has 2 N–H and O–H groups in total. The third kappa shape index (κ3) is 3.03. The lowest BCUT2D eigenvalue weighted by atomic mass is 10.1. The van der Waals surface area contributed by atoms with E-state index < -0.39 is 11.6 Å². The van der Waals surface area contributed by atoms with Crippen LogP contribution < -0.4 is 5.32 Å². The van der Waals surface area contributed by atoms with Gasteiger partial charge >= 0.3 is 5.97 Å². The van der Waals surface area contributed by atoms with Crippen molar-refractivity contribution in [3.63, 3.8) is 0 Å². The fourth-order valence-corrected chi connectivity index (χ4v) is 1.87. The molecule has 1 atom stereocenters. The molecule has 0 saturated carbocycles. The molecule has 100 valence electrons. The van der Waals surface area contributed by atoms with Gasteiger partial charge in [-0.2, -0.15) is 0 Å². The van der Waals surface area contributed by atoms with E-state index in [1.165, 1.54) is 14.0 Å². The first-order valence-corrected chi connectivity index (χ1v) is 6.06. The van der Waals surface area contributed by atoms with Gasteiger partial charge in [-0.25, -0.2) is 4.79 Å². The normalized spacial score (nSPS) is 13.8. The van der Waals surface area contributed by atoms with Gasteiger partial charge < -0.3 is 15.2 Å². The van der Waals surface area contributed by atoms with Crippen LogP contribution in [-0.2, 0) is 9.53 Å². The number of esters is 1. The Kier molecular flexibility index (Phi) is 3.71. The van der Waals surface area contributed by atoms with Crippen LogP contribution in [0.1, 0.15) is 6.92 Å². The van der Waals surface area contributed by atoms with E-state index in [4.69, 9.17) is 0 Å². The Balaban J connectivity index is 2.12. The van der Waals surface area contributed by atoms with Crippen molar-refractivity contribution in [1.29, 1.82) is 0 Å². The standard InChI is InChI=1S/C15H17NO3/c1-15(18,14(17)19-2)10-16-13-8-7-11-5-3-4-6-12(11)9-13/h3-9,16,18H,10H2,1-2H3. The maximum Gasteiger partial charge on any atom is 0.339 e. The molecule has 0 aliphatic heterocycles. The summed E-state index contributed by atoms with van der Waals surface area (Å²) < 4.78 is 4.54. The van der Waals surface area contributed by atoms with Gasteiger partial charge in [-0.05, 0) is 29.8 Å². The first-order valence-electron chi connectivity index (χ1n) is 6.06. The molecule has 0 heterocycles. The molecule has 0 fully saturated rings. The number of methoxy groups -OCH3 is 1. The molecule has 0 saturated heterocycles. The zero-order chi connectivity index (χ0) is 13.9. The van der Waals surface area contributed by atoms with E-state index in [-0.39, 0.29) is 6.54 Å². The van der Waals surface area contributed by atoms with Crippen LogP contribution in [0.3, 0.4) is 0 Å². The molecule has 4 heteroatoms. The van der Waals surface area contributed by atoms with Crippen molar-refractivity contribution in [2.75, 3.05) is 19.0 Å². The van der Waals surface area contributed by atoms with Gasteiger partial charge in [-0.1, -0.05) is 30.3 Å². The molecule has 4 nitrogen and oxygen atoms in total. The molecule has 19 heavy (non-hydrogen) atoms. The van der Waals surface area contributed by atoms with Crippen LogP contribution in [0, 0.1) is 0 Å². The van der Waals surface area contributed by atoms with Crippen LogP contribution in [0.15, 0.2) is 42.5 Å². The molecule has 0 spiro atoms. The van der Waals surface area contributed by atoms with Crippen LogP contribution >= 0.6 is 0 Å². The van der Waals surface area contributed by atoms with Crippen LogP contribution in [0.4, 0.5) is 5.69 Å². The number of fused-ring (bicyclic) bond motifs is 1. The first-order chi connectivity index (χ1) is 9.03. The van der Waals surface area contributed by atoms with E-state index in [9.17, 15) is 9.90 Å². The minimum absolute atomic E-state index is 0.0953. The molecule has 0 radical (unpaired) electrons. The van der Waals surface area contributed by atoms with Gasteiger partial charge in [0.05, 0.1) is 13.7 Å². The van der Waals surface area contributed by atoms with E-state index in [2.05, 4.69) is 10.1 Å². The second kappa shape index (κ2) is 5.28. The zero-order valence-corrected chi connectivity index (χ0v) is 11.0. The lowest BCUT2D eigenvalue weighted by molar-refractivity contribution is -0.158. The number of rotatable bonds is 4. The predicted octanol–water partition coefficient (Wildman–Crippen LogP) is 2.18. The van der Waals surface area contributed by atoms with Gasteiger partial charge in [-0.15, -0.1) is 0 Å². The highest BCUT2D eigenvalue weighted by molar-refractivity contribution is 5.86.